The molecule has 1 fully saturated rings. The molecule has 0 spiro atoms. The molecule has 33 heavy (non-hydrogen) atoms. The molecule has 1 atom stereocenters. The molecule has 1 aliphatic heterocycles. The Balaban J connectivity index is 0.000000357. The number of rotatable bonds is 8. The third-order valence-corrected chi connectivity index (χ3v) is 5.59. The van der Waals surface area contributed by atoms with E-state index in [4.69, 9.17) is 4.98 Å². The molecule has 8 nitrogen and oxygen atoms in total. The summed E-state index contributed by atoms with van der Waals surface area (Å²) in [6.07, 6.45) is 4.91. The summed E-state index contributed by atoms with van der Waals surface area (Å²) in [6.45, 7) is 9.97. The fourth-order valence-electron chi connectivity index (χ4n) is 3.74. The number of nitrogens with one attached hydrogen (secondary N) is 1. The maximum absolute atomic E-state index is 10.7. The number of anilines is 3. The number of methoxy groups -OCH3 is 1. The maximum atomic E-state index is 10.7. The number of hydrogen-bond donors (Lipinski definition) is 1. The van der Waals surface area contributed by atoms with Crippen molar-refractivity contribution in [2.45, 2.75) is 46.1 Å². The van der Waals surface area contributed by atoms with E-state index in [1.807, 2.05) is 31.3 Å². The molecule has 1 N–H and O–H groups in total. The summed E-state index contributed by atoms with van der Waals surface area (Å²) in [4.78, 5) is 26.0. The van der Waals surface area contributed by atoms with E-state index in [2.05, 4.69) is 65.0 Å². The molecule has 1 aromatic heterocycles. The summed E-state index contributed by atoms with van der Waals surface area (Å²) in [5, 5.41) is 3.56. The van der Waals surface area contributed by atoms with Crippen molar-refractivity contribution in [2.24, 2.45) is 0 Å². The third-order valence-electron chi connectivity index (χ3n) is 5.59. The van der Waals surface area contributed by atoms with E-state index in [1.165, 1.54) is 12.7 Å². The van der Waals surface area contributed by atoms with Crippen molar-refractivity contribution >= 4 is 23.5 Å². The predicted molar refractivity (Wildman–Crippen MR) is 136 cm³/mol. The minimum atomic E-state index is -0.187. The Morgan fingerprint density at radius 1 is 1.15 bits per heavy atom. The number of likely N-dealkylation sites (tertiary alicyclic amines) is 1. The van der Waals surface area contributed by atoms with E-state index < -0.39 is 0 Å². The van der Waals surface area contributed by atoms with Crippen molar-refractivity contribution in [3.05, 3.63) is 42.1 Å². The number of nitrogens with zero attached hydrogens (tertiary/aromatic N) is 5. The van der Waals surface area contributed by atoms with Crippen LogP contribution in [0, 0.1) is 0 Å². The number of ether oxygens (including phenoxy) is 1. The van der Waals surface area contributed by atoms with Gasteiger partial charge in [-0.2, -0.15) is 4.98 Å². The van der Waals surface area contributed by atoms with Crippen LogP contribution in [0.25, 0.3) is 0 Å². The molecule has 3 rings (SSSR count). The minimum Gasteiger partial charge on any atom is -0.453 e. The molecule has 0 radical (unpaired) electrons. The number of amides is 1. The van der Waals surface area contributed by atoms with Gasteiger partial charge in [-0.1, -0.05) is 30.3 Å². The topological polar surface area (TPSA) is 73.8 Å². The van der Waals surface area contributed by atoms with Crippen LogP contribution in [0.3, 0.4) is 0 Å². The van der Waals surface area contributed by atoms with Crippen LogP contribution in [0.2, 0.25) is 0 Å². The lowest BCUT2D eigenvalue weighted by Crippen LogP contribution is -2.27. The Hall–Kier alpha value is -3.03. The van der Waals surface area contributed by atoms with Gasteiger partial charge in [0.05, 0.1) is 19.0 Å². The summed E-state index contributed by atoms with van der Waals surface area (Å²) < 4.78 is 4.52. The number of aromatic nitrogens is 2. The van der Waals surface area contributed by atoms with E-state index in [-0.39, 0.29) is 12.1 Å². The lowest BCUT2D eigenvalue weighted by molar-refractivity contribution is 0.133. The second kappa shape index (κ2) is 13.5. The molecular weight excluding hydrogens is 416 g/mol. The van der Waals surface area contributed by atoms with Crippen LogP contribution in [0.1, 0.15) is 39.2 Å². The third kappa shape index (κ3) is 8.11. The van der Waals surface area contributed by atoms with Crippen LogP contribution < -0.4 is 15.1 Å². The average molecular weight is 457 g/mol. The average Bonchev–Trinajstić information content (AvgIpc) is 3.35. The van der Waals surface area contributed by atoms with Gasteiger partial charge in [0.15, 0.2) is 5.82 Å². The van der Waals surface area contributed by atoms with Crippen LogP contribution in [-0.4, -0.2) is 74.4 Å². The van der Waals surface area contributed by atoms with Gasteiger partial charge in [0.2, 0.25) is 5.95 Å². The summed E-state index contributed by atoms with van der Waals surface area (Å²) in [5.41, 5.74) is 2.33. The molecule has 0 saturated carbocycles. The Bertz CT molecular complexity index is 836. The molecule has 182 valence electrons. The molecule has 1 aliphatic rings. The first-order valence-corrected chi connectivity index (χ1v) is 11.8. The zero-order valence-electron chi connectivity index (χ0n) is 21.0. The van der Waals surface area contributed by atoms with Crippen LogP contribution in [-0.2, 0) is 11.2 Å². The van der Waals surface area contributed by atoms with Gasteiger partial charge in [-0.25, -0.2) is 9.78 Å². The van der Waals surface area contributed by atoms with Crippen LogP contribution in [0.15, 0.2) is 36.5 Å². The first-order chi connectivity index (χ1) is 15.9. The van der Waals surface area contributed by atoms with E-state index >= 15 is 0 Å². The zero-order valence-corrected chi connectivity index (χ0v) is 21.0. The number of hydrogen-bond acceptors (Lipinski definition) is 7. The molecule has 8 heteroatoms. The quantitative estimate of drug-likeness (QED) is 0.635. The first-order valence-electron chi connectivity index (χ1n) is 11.8. The largest absolute Gasteiger partial charge is 0.453 e. The van der Waals surface area contributed by atoms with Crippen LogP contribution in [0.5, 0.6) is 0 Å². The SMILES string of the molecule is CCN(CC)c1ncc(N(C)C)c(N[C@H](C)Cc2ccccc2)n1.COC(=O)N1CCCC1. The van der Waals surface area contributed by atoms with E-state index in [1.54, 1.807) is 4.90 Å². The minimum absolute atomic E-state index is 0.187. The highest BCUT2D eigenvalue weighted by atomic mass is 16.5. The second-order valence-corrected chi connectivity index (χ2v) is 8.37. The predicted octanol–water partition coefficient (Wildman–Crippen LogP) is 4.28. The number of carbonyl (C=O) groups excluding carboxylic acids is 1. The number of carbonyl (C=O) groups is 1. The summed E-state index contributed by atoms with van der Waals surface area (Å²) in [7, 11) is 5.45. The molecule has 0 bridgehead atoms. The van der Waals surface area contributed by atoms with E-state index in [0.29, 0.717) is 0 Å². The van der Waals surface area contributed by atoms with Crippen molar-refractivity contribution in [1.29, 1.82) is 0 Å². The van der Waals surface area contributed by atoms with Crippen molar-refractivity contribution in [2.75, 3.05) is 62.5 Å². The zero-order chi connectivity index (χ0) is 24.2. The van der Waals surface area contributed by atoms with E-state index in [9.17, 15) is 4.79 Å². The fraction of sp³-hybridized carbons (Fsp3) is 0.560. The Morgan fingerprint density at radius 3 is 2.33 bits per heavy atom. The molecule has 1 aromatic carbocycles. The smallest absolute Gasteiger partial charge is 0.409 e. The van der Waals surface area contributed by atoms with Gasteiger partial charge >= 0.3 is 6.09 Å². The van der Waals surface area contributed by atoms with Crippen molar-refractivity contribution in [1.82, 2.24) is 14.9 Å². The van der Waals surface area contributed by atoms with Crippen molar-refractivity contribution in [3.63, 3.8) is 0 Å². The fourth-order valence-corrected chi connectivity index (χ4v) is 3.74. The Labute approximate surface area is 199 Å². The van der Waals surface area contributed by atoms with E-state index in [0.717, 1.165) is 62.9 Å². The van der Waals surface area contributed by atoms with Gasteiger partial charge in [-0.15, -0.1) is 0 Å². The molecule has 0 unspecified atom stereocenters. The van der Waals surface area contributed by atoms with Gasteiger partial charge in [0, 0.05) is 46.3 Å². The molecule has 1 saturated heterocycles. The summed E-state index contributed by atoms with van der Waals surface area (Å²) in [5.74, 6) is 1.67. The monoisotopic (exact) mass is 456 g/mol. The van der Waals surface area contributed by atoms with Crippen molar-refractivity contribution in [3.8, 4) is 0 Å². The molecular formula is C25H40N6O2. The van der Waals surface area contributed by atoms with Gasteiger partial charge < -0.3 is 24.8 Å². The molecule has 2 aromatic rings. The van der Waals surface area contributed by atoms with Crippen LogP contribution >= 0.6 is 0 Å². The highest BCUT2D eigenvalue weighted by molar-refractivity contribution is 5.67. The number of benzene rings is 1. The standard InChI is InChI=1S/C19H29N5.C6H11NO2/c1-6-24(7-2)19-20-14-17(23(4)5)18(22-19)21-15(3)13-16-11-9-8-10-12-16;1-9-6(8)7-4-2-3-5-7/h8-12,14-15H,6-7,13H2,1-5H3,(H,20,21,22);2-5H2,1H3/t15-;/m1./s1. The van der Waals surface area contributed by atoms with Gasteiger partial charge in [0.1, 0.15) is 0 Å². The second-order valence-electron chi connectivity index (χ2n) is 8.37. The lowest BCUT2D eigenvalue weighted by Gasteiger charge is -2.24. The van der Waals surface area contributed by atoms with Gasteiger partial charge in [-0.05, 0) is 45.6 Å². The molecule has 0 aliphatic carbocycles. The first kappa shape index (κ1) is 26.2. The Morgan fingerprint density at radius 2 is 1.79 bits per heavy atom. The molecule has 1 amide bonds. The van der Waals surface area contributed by atoms with Crippen molar-refractivity contribution < 1.29 is 9.53 Å². The van der Waals surface area contributed by atoms with Gasteiger partial charge in [-0.3, -0.25) is 0 Å². The summed E-state index contributed by atoms with van der Waals surface area (Å²) in [6, 6.07) is 10.8. The maximum Gasteiger partial charge on any atom is 0.409 e. The highest BCUT2D eigenvalue weighted by Crippen LogP contribution is 2.24. The summed E-state index contributed by atoms with van der Waals surface area (Å²) >= 11 is 0. The normalized spacial score (nSPS) is 13.6. The lowest BCUT2D eigenvalue weighted by atomic mass is 10.1. The Kier molecular flexibility index (Phi) is 10.7. The molecule has 2 heterocycles. The van der Waals surface area contributed by atoms with Gasteiger partial charge in [0.25, 0.3) is 0 Å². The highest BCUT2D eigenvalue weighted by Gasteiger charge is 2.17. The van der Waals surface area contributed by atoms with Crippen LogP contribution in [0.4, 0.5) is 22.2 Å².